The summed E-state index contributed by atoms with van der Waals surface area (Å²) in [5, 5.41) is 5.12. The van der Waals surface area contributed by atoms with Gasteiger partial charge < -0.3 is 15.4 Å². The van der Waals surface area contributed by atoms with Gasteiger partial charge in [-0.25, -0.2) is 10.3 Å². The van der Waals surface area contributed by atoms with Crippen LogP contribution in [0.1, 0.15) is 51.7 Å². The average Bonchev–Trinajstić information content (AvgIpc) is 2.85. The van der Waals surface area contributed by atoms with Crippen molar-refractivity contribution in [2.24, 2.45) is 0 Å². The lowest BCUT2D eigenvalue weighted by atomic mass is 10.1. The second kappa shape index (κ2) is 14.0. The van der Waals surface area contributed by atoms with E-state index in [2.05, 4.69) is 16.1 Å². The zero-order valence-corrected chi connectivity index (χ0v) is 21.2. The van der Waals surface area contributed by atoms with E-state index in [0.717, 1.165) is 11.1 Å². The van der Waals surface area contributed by atoms with Crippen molar-refractivity contribution in [2.75, 3.05) is 0 Å². The third-order valence-electron chi connectivity index (χ3n) is 4.93. The lowest BCUT2D eigenvalue weighted by molar-refractivity contribution is -0.149. The topological polar surface area (TPSA) is 123 Å². The van der Waals surface area contributed by atoms with Crippen molar-refractivity contribution in [3.05, 3.63) is 71.8 Å². The molecule has 0 fully saturated rings. The van der Waals surface area contributed by atoms with Gasteiger partial charge in [0.2, 0.25) is 17.7 Å². The monoisotopic (exact) mass is 497 g/mol. The molecule has 2 atom stereocenters. The fraction of sp³-hybridized carbons (Fsp3) is 0.407. The number of rotatable bonds is 12. The third-order valence-corrected chi connectivity index (χ3v) is 4.93. The predicted molar refractivity (Wildman–Crippen MR) is 134 cm³/mol. The first-order valence-corrected chi connectivity index (χ1v) is 11.8. The van der Waals surface area contributed by atoms with Crippen molar-refractivity contribution < 1.29 is 28.8 Å². The number of hydrogen-bond acceptors (Lipinski definition) is 6. The number of nitrogens with one attached hydrogen (secondary N) is 3. The van der Waals surface area contributed by atoms with Crippen molar-refractivity contribution in [3.8, 4) is 0 Å². The number of esters is 1. The molecule has 0 aromatic heterocycles. The highest BCUT2D eigenvalue weighted by Crippen LogP contribution is 2.07. The Morgan fingerprint density at radius 3 is 2.00 bits per heavy atom. The summed E-state index contributed by atoms with van der Waals surface area (Å²) in [6.07, 6.45) is 0.232. The van der Waals surface area contributed by atoms with Gasteiger partial charge >= 0.3 is 5.97 Å². The second-order valence-corrected chi connectivity index (χ2v) is 9.37. The van der Waals surface area contributed by atoms with Gasteiger partial charge in [0, 0.05) is 6.42 Å². The van der Waals surface area contributed by atoms with Crippen LogP contribution in [0.4, 0.5) is 0 Å². The lowest BCUT2D eigenvalue weighted by Gasteiger charge is -2.22. The van der Waals surface area contributed by atoms with Crippen LogP contribution in [0.3, 0.4) is 0 Å². The summed E-state index contributed by atoms with van der Waals surface area (Å²) < 4.78 is 5.26. The number of ether oxygens (including phenoxy) is 1. The first-order valence-electron chi connectivity index (χ1n) is 11.8. The van der Waals surface area contributed by atoms with E-state index in [4.69, 9.17) is 9.57 Å². The van der Waals surface area contributed by atoms with Gasteiger partial charge in [-0.05, 0) is 45.2 Å². The predicted octanol–water partition coefficient (Wildman–Crippen LogP) is 2.59. The van der Waals surface area contributed by atoms with Crippen molar-refractivity contribution in [1.82, 2.24) is 16.1 Å². The van der Waals surface area contributed by atoms with Crippen LogP contribution in [0.2, 0.25) is 0 Å². The van der Waals surface area contributed by atoms with Crippen LogP contribution in [0.25, 0.3) is 0 Å². The van der Waals surface area contributed by atoms with Crippen LogP contribution < -0.4 is 16.1 Å². The van der Waals surface area contributed by atoms with Crippen molar-refractivity contribution in [1.29, 1.82) is 0 Å². The summed E-state index contributed by atoms with van der Waals surface area (Å²) in [5.74, 6) is -2.31. The fourth-order valence-electron chi connectivity index (χ4n) is 3.04. The molecule has 0 aliphatic carbocycles. The molecular weight excluding hydrogens is 462 g/mol. The zero-order valence-electron chi connectivity index (χ0n) is 21.2. The van der Waals surface area contributed by atoms with Gasteiger partial charge in [-0.2, -0.15) is 0 Å². The van der Waals surface area contributed by atoms with E-state index in [1.54, 1.807) is 20.8 Å². The van der Waals surface area contributed by atoms with Crippen molar-refractivity contribution in [3.63, 3.8) is 0 Å². The first-order chi connectivity index (χ1) is 17.0. The molecule has 3 N–H and O–H groups in total. The largest absolute Gasteiger partial charge is 0.459 e. The number of amides is 3. The van der Waals surface area contributed by atoms with E-state index in [0.29, 0.717) is 6.42 Å². The molecule has 0 saturated heterocycles. The van der Waals surface area contributed by atoms with Gasteiger partial charge in [-0.15, -0.1) is 0 Å². The highest BCUT2D eigenvalue weighted by Gasteiger charge is 2.28. The minimum absolute atomic E-state index is 0.0616. The maximum absolute atomic E-state index is 12.9. The lowest BCUT2D eigenvalue weighted by Crippen LogP contribution is -2.52. The van der Waals surface area contributed by atoms with Crippen LogP contribution in [0.5, 0.6) is 0 Å². The summed E-state index contributed by atoms with van der Waals surface area (Å²) in [7, 11) is 0. The number of aryl methyl sites for hydroxylation is 1. The molecule has 0 unspecified atom stereocenters. The smallest absolute Gasteiger partial charge is 0.328 e. The van der Waals surface area contributed by atoms with Gasteiger partial charge in [0.25, 0.3) is 0 Å². The van der Waals surface area contributed by atoms with Crippen molar-refractivity contribution >= 4 is 23.7 Å². The first kappa shape index (κ1) is 28.5. The Hall–Kier alpha value is -3.72. The van der Waals surface area contributed by atoms with Gasteiger partial charge in [-0.1, -0.05) is 60.7 Å². The molecule has 0 spiro atoms. The molecule has 2 rings (SSSR count). The van der Waals surface area contributed by atoms with E-state index >= 15 is 0 Å². The van der Waals surface area contributed by atoms with Crippen LogP contribution in [0.15, 0.2) is 60.7 Å². The van der Waals surface area contributed by atoms with Crippen LogP contribution in [-0.4, -0.2) is 41.4 Å². The highest BCUT2D eigenvalue weighted by atomic mass is 16.7. The Kier molecular flexibility index (Phi) is 11.1. The number of carbonyl (C=O) groups is 4. The van der Waals surface area contributed by atoms with E-state index < -0.39 is 41.4 Å². The fourth-order valence-corrected chi connectivity index (χ4v) is 3.04. The molecule has 0 radical (unpaired) electrons. The summed E-state index contributed by atoms with van der Waals surface area (Å²) >= 11 is 0. The molecule has 3 amide bonds. The van der Waals surface area contributed by atoms with E-state index in [1.807, 2.05) is 60.7 Å². The van der Waals surface area contributed by atoms with Gasteiger partial charge in [0.15, 0.2) is 0 Å². The van der Waals surface area contributed by atoms with Crippen molar-refractivity contribution in [2.45, 2.75) is 71.2 Å². The molecule has 0 aliphatic rings. The minimum atomic E-state index is -1.21. The van der Waals surface area contributed by atoms with E-state index in [-0.39, 0.29) is 19.4 Å². The average molecular weight is 498 g/mol. The molecule has 0 bridgehead atoms. The van der Waals surface area contributed by atoms with Crippen LogP contribution in [0, 0.1) is 0 Å². The summed E-state index contributed by atoms with van der Waals surface area (Å²) in [6, 6.07) is 16.4. The minimum Gasteiger partial charge on any atom is -0.459 e. The number of carbonyl (C=O) groups excluding carboxylic acids is 4. The van der Waals surface area contributed by atoms with Gasteiger partial charge in [0.05, 0.1) is 12.0 Å². The Balaban J connectivity index is 1.96. The summed E-state index contributed by atoms with van der Waals surface area (Å²) in [6.45, 7) is 6.80. The normalized spacial score (nSPS) is 12.7. The van der Waals surface area contributed by atoms with Gasteiger partial charge in [0.1, 0.15) is 18.7 Å². The SMILES string of the molecule is C[C@H](NC(=O)[C@H](CC(=O)NOC(C)(C)C)NC(=O)CCc1ccccc1)C(=O)OCc1ccccc1. The van der Waals surface area contributed by atoms with Gasteiger partial charge in [-0.3, -0.25) is 19.2 Å². The zero-order chi connectivity index (χ0) is 26.6. The Bertz CT molecular complexity index is 1010. The molecule has 2 aromatic carbocycles. The Morgan fingerprint density at radius 1 is 0.833 bits per heavy atom. The number of hydroxylamine groups is 1. The standard InChI is InChI=1S/C27H35N3O6/c1-19(26(34)35-18-21-13-9-6-10-14-21)28-25(33)22(17-24(32)30-36-27(2,3)4)29-23(31)16-15-20-11-7-5-8-12-20/h5-14,19,22H,15-18H2,1-4H3,(H,28,33)(H,29,31)(H,30,32)/t19-,22-/m0/s1. The molecule has 194 valence electrons. The maximum Gasteiger partial charge on any atom is 0.328 e. The summed E-state index contributed by atoms with van der Waals surface area (Å²) in [5.41, 5.74) is 3.44. The highest BCUT2D eigenvalue weighted by molar-refractivity contribution is 5.93. The molecule has 0 heterocycles. The maximum atomic E-state index is 12.9. The summed E-state index contributed by atoms with van der Waals surface area (Å²) in [4.78, 5) is 55.5. The number of benzene rings is 2. The van der Waals surface area contributed by atoms with E-state index in [9.17, 15) is 19.2 Å². The molecule has 9 heteroatoms. The Labute approximate surface area is 211 Å². The van der Waals surface area contributed by atoms with E-state index in [1.165, 1.54) is 6.92 Å². The quantitative estimate of drug-likeness (QED) is 0.306. The molecule has 36 heavy (non-hydrogen) atoms. The molecular formula is C27H35N3O6. The number of hydrogen-bond donors (Lipinski definition) is 3. The second-order valence-electron chi connectivity index (χ2n) is 9.37. The molecule has 0 aliphatic heterocycles. The van der Waals surface area contributed by atoms with Crippen LogP contribution in [-0.2, 0) is 41.8 Å². The molecule has 2 aromatic rings. The third kappa shape index (κ3) is 11.1. The molecule has 9 nitrogen and oxygen atoms in total. The molecule has 0 saturated carbocycles. The van der Waals surface area contributed by atoms with Crippen LogP contribution >= 0.6 is 0 Å². The Morgan fingerprint density at radius 2 is 1.42 bits per heavy atom.